The Labute approximate surface area is 77.3 Å². The topological polar surface area (TPSA) is 60.2 Å². The number of rotatable bonds is 4. The maximum absolute atomic E-state index is 9.61. The third kappa shape index (κ3) is 2.26. The van der Waals surface area contributed by atoms with E-state index < -0.39 is 6.10 Å². The minimum atomic E-state index is -0.651. The first-order chi connectivity index (χ1) is 6.16. The predicted molar refractivity (Wildman–Crippen MR) is 47.2 cm³/mol. The zero-order chi connectivity index (χ0) is 9.84. The van der Waals surface area contributed by atoms with E-state index in [9.17, 15) is 5.11 Å². The highest BCUT2D eigenvalue weighted by Crippen LogP contribution is 2.14. The number of aliphatic hydroxyl groups is 1. The standard InChI is InChI=1S/C8H15N3O2/c1-6(2)11-7(4-9-10-11)8(12)5-13-3/h4,6,8,12H,5H2,1-3H3/t8-/m0/s1. The second-order valence-corrected chi connectivity index (χ2v) is 3.17. The Balaban J connectivity index is 2.80. The average molecular weight is 185 g/mol. The van der Waals surface area contributed by atoms with Crippen LogP contribution in [0.1, 0.15) is 31.7 Å². The van der Waals surface area contributed by atoms with Crippen LogP contribution in [0.2, 0.25) is 0 Å². The van der Waals surface area contributed by atoms with Gasteiger partial charge in [0.25, 0.3) is 0 Å². The predicted octanol–water partition coefficient (Wildman–Crippen LogP) is 0.539. The van der Waals surface area contributed by atoms with Gasteiger partial charge in [0.1, 0.15) is 6.10 Å². The molecule has 1 heterocycles. The summed E-state index contributed by atoms with van der Waals surface area (Å²) in [6.07, 6.45) is 0.909. The fourth-order valence-electron chi connectivity index (χ4n) is 1.13. The third-order valence-electron chi connectivity index (χ3n) is 1.76. The molecule has 1 atom stereocenters. The molecule has 0 unspecified atom stereocenters. The number of aliphatic hydroxyl groups excluding tert-OH is 1. The molecule has 0 saturated carbocycles. The average Bonchev–Trinajstić information content (AvgIpc) is 2.52. The fourth-order valence-corrected chi connectivity index (χ4v) is 1.13. The van der Waals surface area contributed by atoms with Crippen LogP contribution in [-0.4, -0.2) is 33.8 Å². The van der Waals surface area contributed by atoms with E-state index in [0.717, 1.165) is 0 Å². The molecule has 1 aromatic heterocycles. The molecule has 0 bridgehead atoms. The van der Waals surface area contributed by atoms with Crippen LogP contribution in [0, 0.1) is 0 Å². The summed E-state index contributed by atoms with van der Waals surface area (Å²) >= 11 is 0. The first kappa shape index (κ1) is 10.1. The minimum absolute atomic E-state index is 0.198. The highest BCUT2D eigenvalue weighted by atomic mass is 16.5. The van der Waals surface area contributed by atoms with Crippen molar-refractivity contribution < 1.29 is 9.84 Å². The number of aromatic nitrogens is 3. The quantitative estimate of drug-likeness (QED) is 0.743. The van der Waals surface area contributed by atoms with Crippen molar-refractivity contribution in [3.05, 3.63) is 11.9 Å². The van der Waals surface area contributed by atoms with Crippen molar-refractivity contribution >= 4 is 0 Å². The molecule has 0 aromatic carbocycles. The lowest BCUT2D eigenvalue weighted by Gasteiger charge is -2.13. The van der Waals surface area contributed by atoms with E-state index in [1.54, 1.807) is 18.0 Å². The van der Waals surface area contributed by atoms with E-state index in [-0.39, 0.29) is 12.6 Å². The van der Waals surface area contributed by atoms with E-state index in [1.807, 2.05) is 13.8 Å². The van der Waals surface area contributed by atoms with Gasteiger partial charge in [-0.05, 0) is 13.8 Å². The number of ether oxygens (including phenoxy) is 1. The number of methoxy groups -OCH3 is 1. The molecule has 1 aromatic rings. The van der Waals surface area contributed by atoms with Crippen molar-refractivity contribution in [2.75, 3.05) is 13.7 Å². The van der Waals surface area contributed by atoms with Gasteiger partial charge in [-0.3, -0.25) is 0 Å². The Morgan fingerprint density at radius 3 is 2.85 bits per heavy atom. The van der Waals surface area contributed by atoms with Crippen molar-refractivity contribution in [3.63, 3.8) is 0 Å². The Hall–Kier alpha value is -0.940. The molecule has 0 radical (unpaired) electrons. The first-order valence-corrected chi connectivity index (χ1v) is 4.24. The van der Waals surface area contributed by atoms with Crippen LogP contribution < -0.4 is 0 Å². The maximum Gasteiger partial charge on any atom is 0.120 e. The minimum Gasteiger partial charge on any atom is -0.384 e. The SMILES string of the molecule is COC[C@H](O)c1cnnn1C(C)C. The lowest BCUT2D eigenvalue weighted by atomic mass is 10.2. The van der Waals surface area contributed by atoms with E-state index in [0.29, 0.717) is 5.69 Å². The van der Waals surface area contributed by atoms with Gasteiger partial charge in [-0.15, -0.1) is 5.10 Å². The van der Waals surface area contributed by atoms with Crippen LogP contribution in [0.25, 0.3) is 0 Å². The van der Waals surface area contributed by atoms with Crippen molar-refractivity contribution in [3.8, 4) is 0 Å². The zero-order valence-electron chi connectivity index (χ0n) is 8.14. The molecule has 0 fully saturated rings. The molecule has 0 spiro atoms. The first-order valence-electron chi connectivity index (χ1n) is 4.24. The van der Waals surface area contributed by atoms with E-state index in [1.165, 1.54) is 0 Å². The summed E-state index contributed by atoms with van der Waals surface area (Å²) in [4.78, 5) is 0. The van der Waals surface area contributed by atoms with Crippen molar-refractivity contribution in [1.82, 2.24) is 15.0 Å². The van der Waals surface area contributed by atoms with E-state index in [4.69, 9.17) is 4.74 Å². The number of nitrogens with zero attached hydrogens (tertiary/aromatic N) is 3. The smallest absolute Gasteiger partial charge is 0.120 e. The lowest BCUT2D eigenvalue weighted by molar-refractivity contribution is 0.0578. The number of hydrogen-bond donors (Lipinski definition) is 1. The Bertz CT molecular complexity index is 260. The van der Waals surface area contributed by atoms with Crippen molar-refractivity contribution in [2.24, 2.45) is 0 Å². The van der Waals surface area contributed by atoms with Gasteiger partial charge >= 0.3 is 0 Å². The molecule has 0 aliphatic rings. The highest BCUT2D eigenvalue weighted by molar-refractivity contribution is 4.99. The fraction of sp³-hybridized carbons (Fsp3) is 0.750. The lowest BCUT2D eigenvalue weighted by Crippen LogP contribution is -2.14. The molecule has 13 heavy (non-hydrogen) atoms. The van der Waals surface area contributed by atoms with Gasteiger partial charge in [-0.25, -0.2) is 4.68 Å². The van der Waals surface area contributed by atoms with Crippen LogP contribution in [0.3, 0.4) is 0 Å². The van der Waals surface area contributed by atoms with Crippen LogP contribution >= 0.6 is 0 Å². The van der Waals surface area contributed by atoms with Crippen LogP contribution in [0.15, 0.2) is 6.20 Å². The van der Waals surface area contributed by atoms with Gasteiger partial charge in [0.05, 0.1) is 18.5 Å². The van der Waals surface area contributed by atoms with Gasteiger partial charge in [0.2, 0.25) is 0 Å². The second-order valence-electron chi connectivity index (χ2n) is 3.17. The zero-order valence-corrected chi connectivity index (χ0v) is 8.14. The van der Waals surface area contributed by atoms with E-state index >= 15 is 0 Å². The maximum atomic E-state index is 9.61. The van der Waals surface area contributed by atoms with Gasteiger partial charge in [0.15, 0.2) is 0 Å². The summed E-state index contributed by atoms with van der Waals surface area (Å²) in [7, 11) is 1.55. The molecular formula is C8H15N3O2. The normalized spacial score (nSPS) is 13.6. The monoisotopic (exact) mass is 185 g/mol. The summed E-state index contributed by atoms with van der Waals surface area (Å²) in [5.74, 6) is 0. The summed E-state index contributed by atoms with van der Waals surface area (Å²) in [5, 5.41) is 17.2. The van der Waals surface area contributed by atoms with Gasteiger partial charge in [0, 0.05) is 13.2 Å². The molecule has 0 saturated heterocycles. The molecule has 5 heteroatoms. The largest absolute Gasteiger partial charge is 0.384 e. The summed E-state index contributed by atoms with van der Waals surface area (Å²) < 4.78 is 6.53. The second kappa shape index (κ2) is 4.34. The van der Waals surface area contributed by atoms with Crippen molar-refractivity contribution in [1.29, 1.82) is 0 Å². The van der Waals surface area contributed by atoms with Crippen molar-refractivity contribution in [2.45, 2.75) is 26.0 Å². The Morgan fingerprint density at radius 2 is 2.31 bits per heavy atom. The van der Waals surface area contributed by atoms with Gasteiger partial charge in [-0.2, -0.15) is 0 Å². The Kier molecular flexibility index (Phi) is 3.39. The molecule has 0 amide bonds. The van der Waals surface area contributed by atoms with Crippen LogP contribution in [-0.2, 0) is 4.74 Å². The van der Waals surface area contributed by atoms with Crippen LogP contribution in [0.4, 0.5) is 0 Å². The summed E-state index contributed by atoms with van der Waals surface area (Å²) in [6.45, 7) is 4.23. The highest BCUT2D eigenvalue weighted by Gasteiger charge is 2.15. The van der Waals surface area contributed by atoms with E-state index in [2.05, 4.69) is 10.3 Å². The number of hydrogen-bond acceptors (Lipinski definition) is 4. The van der Waals surface area contributed by atoms with Gasteiger partial charge < -0.3 is 9.84 Å². The molecule has 1 rings (SSSR count). The summed E-state index contributed by atoms with van der Waals surface area (Å²) in [5.41, 5.74) is 0.692. The summed E-state index contributed by atoms with van der Waals surface area (Å²) in [6, 6.07) is 0.198. The third-order valence-corrected chi connectivity index (χ3v) is 1.76. The molecular weight excluding hydrogens is 170 g/mol. The molecule has 74 valence electrons. The molecule has 5 nitrogen and oxygen atoms in total. The molecule has 0 aliphatic heterocycles. The molecule has 0 aliphatic carbocycles. The molecule has 1 N–H and O–H groups in total. The Morgan fingerprint density at radius 1 is 1.62 bits per heavy atom. The van der Waals surface area contributed by atoms with Crippen LogP contribution in [0.5, 0.6) is 0 Å². The van der Waals surface area contributed by atoms with Gasteiger partial charge in [-0.1, -0.05) is 5.21 Å².